The van der Waals surface area contributed by atoms with Crippen LogP contribution in [-0.4, -0.2) is 29.2 Å². The fraction of sp³-hybridized carbons (Fsp3) is 0.353. The third kappa shape index (κ3) is 4.28. The van der Waals surface area contributed by atoms with Gasteiger partial charge in [-0.1, -0.05) is 29.8 Å². The number of nitrogens with zero attached hydrogens (tertiary/aromatic N) is 3. The molecule has 0 bridgehead atoms. The first-order valence-electron chi connectivity index (χ1n) is 7.56. The summed E-state index contributed by atoms with van der Waals surface area (Å²) < 4.78 is 0. The molecule has 1 N–H and O–H groups in total. The summed E-state index contributed by atoms with van der Waals surface area (Å²) in [4.78, 5) is 14.1. The van der Waals surface area contributed by atoms with Gasteiger partial charge in [-0.25, -0.2) is 0 Å². The number of nitrogens with one attached hydrogen (secondary N) is 1. The van der Waals surface area contributed by atoms with Gasteiger partial charge in [-0.2, -0.15) is 0 Å². The van der Waals surface area contributed by atoms with Crippen LogP contribution in [0.4, 0.5) is 11.6 Å². The second-order valence-corrected chi connectivity index (χ2v) is 5.16. The number of hydrogen-bond acceptors (Lipinski definition) is 4. The van der Waals surface area contributed by atoms with Crippen molar-refractivity contribution in [1.82, 2.24) is 10.2 Å². The predicted octanol–water partition coefficient (Wildman–Crippen LogP) is 2.81. The minimum absolute atomic E-state index is 0.0875. The maximum absolute atomic E-state index is 12.0. The molecule has 2 rings (SSSR count). The summed E-state index contributed by atoms with van der Waals surface area (Å²) in [6.45, 7) is 7.92. The lowest BCUT2D eigenvalue weighted by Gasteiger charge is -2.18. The molecule has 0 saturated heterocycles. The number of amides is 1. The van der Waals surface area contributed by atoms with Crippen LogP contribution in [0.5, 0.6) is 0 Å². The number of aryl methyl sites for hydroxylation is 1. The molecule has 0 fully saturated rings. The number of hydrogen-bond donors (Lipinski definition) is 1. The van der Waals surface area contributed by atoms with E-state index in [4.69, 9.17) is 0 Å². The van der Waals surface area contributed by atoms with E-state index in [1.165, 1.54) is 0 Å². The van der Waals surface area contributed by atoms with Crippen LogP contribution >= 0.6 is 0 Å². The molecule has 5 nitrogen and oxygen atoms in total. The van der Waals surface area contributed by atoms with E-state index in [-0.39, 0.29) is 5.91 Å². The standard InChI is InChI=1S/C17H22N4O/c1-4-21(5-2)16-10-9-15(19-20-16)18-17(22)12-14-8-6-7-13(3)11-14/h6-11H,4-5,12H2,1-3H3,(H,18,19,22). The molecule has 0 unspecified atom stereocenters. The second kappa shape index (κ2) is 7.54. The number of aromatic nitrogens is 2. The molecule has 0 saturated carbocycles. The van der Waals surface area contributed by atoms with Crippen molar-refractivity contribution in [2.24, 2.45) is 0 Å². The van der Waals surface area contributed by atoms with Crippen molar-refractivity contribution in [2.75, 3.05) is 23.3 Å². The van der Waals surface area contributed by atoms with Crippen LogP contribution in [-0.2, 0) is 11.2 Å². The number of anilines is 2. The van der Waals surface area contributed by atoms with Gasteiger partial charge in [0.05, 0.1) is 6.42 Å². The van der Waals surface area contributed by atoms with E-state index in [0.717, 1.165) is 30.0 Å². The van der Waals surface area contributed by atoms with E-state index < -0.39 is 0 Å². The van der Waals surface area contributed by atoms with Crippen LogP contribution in [0, 0.1) is 6.92 Å². The predicted molar refractivity (Wildman–Crippen MR) is 89.1 cm³/mol. The molecule has 5 heteroatoms. The van der Waals surface area contributed by atoms with Gasteiger partial charge in [0.1, 0.15) is 0 Å². The Morgan fingerprint density at radius 1 is 1.14 bits per heavy atom. The monoisotopic (exact) mass is 298 g/mol. The molecule has 116 valence electrons. The van der Waals surface area contributed by atoms with Gasteiger partial charge in [-0.3, -0.25) is 4.79 Å². The zero-order valence-corrected chi connectivity index (χ0v) is 13.3. The second-order valence-electron chi connectivity index (χ2n) is 5.16. The summed E-state index contributed by atoms with van der Waals surface area (Å²) in [6.07, 6.45) is 0.334. The summed E-state index contributed by atoms with van der Waals surface area (Å²) in [7, 11) is 0. The van der Waals surface area contributed by atoms with Crippen molar-refractivity contribution in [2.45, 2.75) is 27.2 Å². The van der Waals surface area contributed by atoms with Gasteiger partial charge in [0.25, 0.3) is 0 Å². The molecular weight excluding hydrogens is 276 g/mol. The molecule has 0 atom stereocenters. The minimum atomic E-state index is -0.0875. The highest BCUT2D eigenvalue weighted by Crippen LogP contribution is 2.12. The van der Waals surface area contributed by atoms with Crippen LogP contribution in [0.3, 0.4) is 0 Å². The van der Waals surface area contributed by atoms with Crippen molar-refractivity contribution in [3.63, 3.8) is 0 Å². The Morgan fingerprint density at radius 3 is 2.50 bits per heavy atom. The Labute approximate surface area is 131 Å². The Balaban J connectivity index is 1.97. The highest BCUT2D eigenvalue weighted by atomic mass is 16.1. The van der Waals surface area contributed by atoms with E-state index in [1.54, 1.807) is 6.07 Å². The normalized spacial score (nSPS) is 10.3. The average Bonchev–Trinajstić information content (AvgIpc) is 2.50. The molecule has 0 radical (unpaired) electrons. The molecule has 0 aliphatic rings. The van der Waals surface area contributed by atoms with Crippen molar-refractivity contribution < 1.29 is 4.79 Å². The minimum Gasteiger partial charge on any atom is -0.356 e. The molecule has 0 spiro atoms. The number of carbonyl (C=O) groups is 1. The lowest BCUT2D eigenvalue weighted by Crippen LogP contribution is -2.23. The van der Waals surface area contributed by atoms with Crippen LogP contribution in [0.15, 0.2) is 36.4 Å². The summed E-state index contributed by atoms with van der Waals surface area (Å²) in [5.41, 5.74) is 2.14. The van der Waals surface area contributed by atoms with Crippen molar-refractivity contribution in [3.8, 4) is 0 Å². The first-order chi connectivity index (χ1) is 10.6. The zero-order valence-electron chi connectivity index (χ0n) is 13.3. The van der Waals surface area contributed by atoms with E-state index in [0.29, 0.717) is 12.2 Å². The zero-order chi connectivity index (χ0) is 15.9. The SMILES string of the molecule is CCN(CC)c1ccc(NC(=O)Cc2cccc(C)c2)nn1. The molecule has 1 heterocycles. The number of rotatable bonds is 6. The van der Waals surface area contributed by atoms with Crippen LogP contribution in [0.2, 0.25) is 0 Å². The Kier molecular flexibility index (Phi) is 5.47. The summed E-state index contributed by atoms with van der Waals surface area (Å²) in [5, 5.41) is 11.0. The average molecular weight is 298 g/mol. The van der Waals surface area contributed by atoms with Crippen LogP contribution in [0.25, 0.3) is 0 Å². The van der Waals surface area contributed by atoms with Gasteiger partial charge in [0.15, 0.2) is 11.6 Å². The van der Waals surface area contributed by atoms with E-state index in [1.807, 2.05) is 37.3 Å². The molecule has 1 amide bonds. The van der Waals surface area contributed by atoms with Gasteiger partial charge in [0, 0.05) is 13.1 Å². The first-order valence-corrected chi connectivity index (χ1v) is 7.56. The highest BCUT2D eigenvalue weighted by Gasteiger charge is 2.07. The van der Waals surface area contributed by atoms with Crippen molar-refractivity contribution >= 4 is 17.5 Å². The lowest BCUT2D eigenvalue weighted by atomic mass is 10.1. The van der Waals surface area contributed by atoms with Gasteiger partial charge in [0.2, 0.25) is 5.91 Å². The van der Waals surface area contributed by atoms with Gasteiger partial charge in [-0.05, 0) is 38.5 Å². The Hall–Kier alpha value is -2.43. The Bertz CT molecular complexity index is 621. The maximum Gasteiger partial charge on any atom is 0.229 e. The van der Waals surface area contributed by atoms with Crippen molar-refractivity contribution in [3.05, 3.63) is 47.5 Å². The quantitative estimate of drug-likeness (QED) is 0.891. The molecule has 0 aliphatic heterocycles. The molecule has 1 aromatic heterocycles. The summed E-state index contributed by atoms with van der Waals surface area (Å²) in [5.74, 6) is 1.21. The third-order valence-electron chi connectivity index (χ3n) is 3.45. The lowest BCUT2D eigenvalue weighted by molar-refractivity contribution is -0.115. The highest BCUT2D eigenvalue weighted by molar-refractivity contribution is 5.91. The molecular formula is C17H22N4O. The van der Waals surface area contributed by atoms with E-state index in [9.17, 15) is 4.79 Å². The molecule has 22 heavy (non-hydrogen) atoms. The molecule has 2 aromatic rings. The maximum atomic E-state index is 12.0. The smallest absolute Gasteiger partial charge is 0.229 e. The van der Waals surface area contributed by atoms with Gasteiger partial charge >= 0.3 is 0 Å². The molecule has 0 aliphatic carbocycles. The summed E-state index contributed by atoms with van der Waals surface area (Å²) >= 11 is 0. The summed E-state index contributed by atoms with van der Waals surface area (Å²) in [6, 6.07) is 11.6. The fourth-order valence-electron chi connectivity index (χ4n) is 2.30. The number of carbonyl (C=O) groups excluding carboxylic acids is 1. The third-order valence-corrected chi connectivity index (χ3v) is 3.45. The molecule has 1 aromatic carbocycles. The van der Waals surface area contributed by atoms with E-state index >= 15 is 0 Å². The first kappa shape index (κ1) is 15.9. The fourth-order valence-corrected chi connectivity index (χ4v) is 2.30. The largest absolute Gasteiger partial charge is 0.356 e. The van der Waals surface area contributed by atoms with Crippen molar-refractivity contribution in [1.29, 1.82) is 0 Å². The Morgan fingerprint density at radius 2 is 1.91 bits per heavy atom. The van der Waals surface area contributed by atoms with Gasteiger partial charge < -0.3 is 10.2 Å². The van der Waals surface area contributed by atoms with Crippen LogP contribution in [0.1, 0.15) is 25.0 Å². The van der Waals surface area contributed by atoms with Gasteiger partial charge in [-0.15, -0.1) is 10.2 Å². The topological polar surface area (TPSA) is 58.1 Å². The van der Waals surface area contributed by atoms with Crippen LogP contribution < -0.4 is 10.2 Å². The number of benzene rings is 1. The van der Waals surface area contributed by atoms with E-state index in [2.05, 4.69) is 34.3 Å².